The average Bonchev–Trinajstić information content (AvgIpc) is 2.44. The van der Waals surface area contributed by atoms with Gasteiger partial charge in [-0.2, -0.15) is 0 Å². The number of nitrogens with two attached hydrogens (primary N) is 1. The van der Waals surface area contributed by atoms with Crippen molar-refractivity contribution >= 4 is 17.6 Å². The Hall–Kier alpha value is -2.24. The van der Waals surface area contributed by atoms with E-state index in [1.165, 1.54) is 12.0 Å². The van der Waals surface area contributed by atoms with Crippen LogP contribution in [0.3, 0.4) is 0 Å². The van der Waals surface area contributed by atoms with Crippen LogP contribution in [0, 0.1) is 0 Å². The lowest BCUT2D eigenvalue weighted by molar-refractivity contribution is -0.143. The third-order valence-corrected chi connectivity index (χ3v) is 2.78. The lowest BCUT2D eigenvalue weighted by Crippen LogP contribution is -2.29. The molecule has 0 saturated carbocycles. The van der Waals surface area contributed by atoms with Crippen molar-refractivity contribution in [1.29, 1.82) is 0 Å². The number of amides is 1. The minimum atomic E-state index is -0.318. The molecule has 2 N–H and O–H groups in total. The molecule has 0 saturated heterocycles. The maximum Gasteiger partial charge on any atom is 0.307 e. The highest BCUT2D eigenvalue weighted by atomic mass is 16.5. The van der Waals surface area contributed by atoms with E-state index in [2.05, 4.69) is 0 Å². The molecule has 0 aliphatic carbocycles. The first-order valence-corrected chi connectivity index (χ1v) is 6.34. The highest BCUT2D eigenvalue weighted by Gasteiger charge is 2.15. The summed E-state index contributed by atoms with van der Waals surface area (Å²) < 4.78 is 9.89. The third kappa shape index (κ3) is 4.15. The Kier molecular flexibility index (Phi) is 5.83. The topological polar surface area (TPSA) is 81.9 Å². The van der Waals surface area contributed by atoms with E-state index in [1.807, 2.05) is 0 Å². The normalized spacial score (nSPS) is 9.95. The molecule has 0 radical (unpaired) electrons. The zero-order valence-corrected chi connectivity index (χ0v) is 12.0. The van der Waals surface area contributed by atoms with E-state index in [0.717, 1.165) is 0 Å². The molecule has 0 bridgehead atoms. The van der Waals surface area contributed by atoms with E-state index in [-0.39, 0.29) is 18.3 Å². The van der Waals surface area contributed by atoms with Crippen molar-refractivity contribution in [3.8, 4) is 5.75 Å². The van der Waals surface area contributed by atoms with Gasteiger partial charge in [0.25, 0.3) is 5.91 Å². The Bertz CT molecular complexity index is 488. The van der Waals surface area contributed by atoms with Crippen LogP contribution in [0.25, 0.3) is 0 Å². The van der Waals surface area contributed by atoms with Crippen LogP contribution in [0.2, 0.25) is 0 Å². The zero-order chi connectivity index (χ0) is 15.1. The fourth-order valence-corrected chi connectivity index (χ4v) is 1.66. The third-order valence-electron chi connectivity index (χ3n) is 2.78. The van der Waals surface area contributed by atoms with E-state index in [0.29, 0.717) is 30.2 Å². The lowest BCUT2D eigenvalue weighted by atomic mass is 10.1. The molecule has 1 aromatic rings. The number of anilines is 1. The van der Waals surface area contributed by atoms with Crippen molar-refractivity contribution in [2.75, 3.05) is 33.0 Å². The molecule has 0 heterocycles. The molecule has 0 aromatic heterocycles. The van der Waals surface area contributed by atoms with Crippen molar-refractivity contribution in [3.63, 3.8) is 0 Å². The fraction of sp³-hybridized carbons (Fsp3) is 0.429. The molecule has 1 aromatic carbocycles. The van der Waals surface area contributed by atoms with Crippen molar-refractivity contribution < 1.29 is 19.1 Å². The van der Waals surface area contributed by atoms with E-state index in [4.69, 9.17) is 15.2 Å². The van der Waals surface area contributed by atoms with Gasteiger partial charge in [0.1, 0.15) is 5.75 Å². The van der Waals surface area contributed by atoms with Crippen molar-refractivity contribution in [2.45, 2.75) is 13.3 Å². The number of nitrogens with zero attached hydrogens (tertiary/aromatic N) is 1. The van der Waals surface area contributed by atoms with Crippen molar-refractivity contribution in [1.82, 2.24) is 4.90 Å². The minimum Gasteiger partial charge on any atom is -0.495 e. The number of carbonyl (C=O) groups excluding carboxylic acids is 2. The Morgan fingerprint density at radius 3 is 2.65 bits per heavy atom. The molecule has 110 valence electrons. The van der Waals surface area contributed by atoms with Crippen LogP contribution in [-0.2, 0) is 9.53 Å². The lowest BCUT2D eigenvalue weighted by Gasteiger charge is -2.17. The minimum absolute atomic E-state index is 0.169. The molecule has 6 heteroatoms. The maximum absolute atomic E-state index is 12.2. The Balaban J connectivity index is 2.67. The van der Waals surface area contributed by atoms with Gasteiger partial charge in [-0.1, -0.05) is 0 Å². The summed E-state index contributed by atoms with van der Waals surface area (Å²) >= 11 is 0. The van der Waals surface area contributed by atoms with Crippen LogP contribution in [-0.4, -0.2) is 44.1 Å². The zero-order valence-electron chi connectivity index (χ0n) is 12.0. The summed E-state index contributed by atoms with van der Waals surface area (Å²) in [6.07, 6.45) is 0.169. The molecular formula is C14H20N2O4. The number of rotatable bonds is 6. The van der Waals surface area contributed by atoms with Gasteiger partial charge in [0, 0.05) is 19.2 Å². The van der Waals surface area contributed by atoms with Crippen LogP contribution >= 0.6 is 0 Å². The quantitative estimate of drug-likeness (QED) is 0.627. The molecule has 0 fully saturated rings. The van der Waals surface area contributed by atoms with Crippen LogP contribution in [0.15, 0.2) is 18.2 Å². The Morgan fingerprint density at radius 2 is 2.05 bits per heavy atom. The summed E-state index contributed by atoms with van der Waals surface area (Å²) in [4.78, 5) is 24.9. The molecule has 0 atom stereocenters. The SMILES string of the molecule is CCOC(=O)CCN(C)C(=O)c1ccc(N)c(OC)c1. The van der Waals surface area contributed by atoms with Gasteiger partial charge in [-0.3, -0.25) is 9.59 Å². The molecule has 20 heavy (non-hydrogen) atoms. The predicted molar refractivity (Wildman–Crippen MR) is 75.6 cm³/mol. The second kappa shape index (κ2) is 7.37. The van der Waals surface area contributed by atoms with Crippen molar-refractivity contribution in [2.24, 2.45) is 0 Å². The highest BCUT2D eigenvalue weighted by Crippen LogP contribution is 2.22. The van der Waals surface area contributed by atoms with Crippen LogP contribution in [0.5, 0.6) is 5.75 Å². The van der Waals surface area contributed by atoms with Gasteiger partial charge in [0.2, 0.25) is 0 Å². The maximum atomic E-state index is 12.2. The van der Waals surface area contributed by atoms with E-state index in [1.54, 1.807) is 32.2 Å². The average molecular weight is 280 g/mol. The van der Waals surface area contributed by atoms with Gasteiger partial charge in [-0.05, 0) is 25.1 Å². The second-order valence-corrected chi connectivity index (χ2v) is 4.24. The molecular weight excluding hydrogens is 260 g/mol. The van der Waals surface area contributed by atoms with Crippen LogP contribution < -0.4 is 10.5 Å². The molecule has 1 rings (SSSR count). The monoisotopic (exact) mass is 280 g/mol. The molecule has 1 amide bonds. The first-order valence-electron chi connectivity index (χ1n) is 6.34. The molecule has 0 aliphatic heterocycles. The summed E-state index contributed by atoms with van der Waals surface area (Å²) in [5.74, 6) is -0.0655. The van der Waals surface area contributed by atoms with E-state index in [9.17, 15) is 9.59 Å². The largest absolute Gasteiger partial charge is 0.495 e. The first-order chi connectivity index (χ1) is 9.49. The summed E-state index contributed by atoms with van der Waals surface area (Å²) in [6, 6.07) is 4.82. The second-order valence-electron chi connectivity index (χ2n) is 4.24. The van der Waals surface area contributed by atoms with Gasteiger partial charge >= 0.3 is 5.97 Å². The number of esters is 1. The van der Waals surface area contributed by atoms with Crippen LogP contribution in [0.4, 0.5) is 5.69 Å². The van der Waals surface area contributed by atoms with Gasteiger partial charge in [-0.15, -0.1) is 0 Å². The number of hydrogen-bond acceptors (Lipinski definition) is 5. The van der Waals surface area contributed by atoms with Gasteiger partial charge in [0.15, 0.2) is 0 Å². The number of benzene rings is 1. The Labute approximate surface area is 118 Å². The molecule has 0 spiro atoms. The summed E-state index contributed by atoms with van der Waals surface area (Å²) in [5, 5.41) is 0. The van der Waals surface area contributed by atoms with Crippen molar-refractivity contribution in [3.05, 3.63) is 23.8 Å². The predicted octanol–water partition coefficient (Wildman–Crippen LogP) is 1.30. The summed E-state index contributed by atoms with van der Waals surface area (Å²) in [6.45, 7) is 2.38. The number of nitrogen functional groups attached to an aromatic ring is 1. The standard InChI is InChI=1S/C14H20N2O4/c1-4-20-13(17)7-8-16(2)14(18)10-5-6-11(15)12(9-10)19-3/h5-6,9H,4,7-8,15H2,1-3H3. The number of hydrogen-bond donors (Lipinski definition) is 1. The number of ether oxygens (including phenoxy) is 2. The van der Waals surface area contributed by atoms with Crippen LogP contribution in [0.1, 0.15) is 23.7 Å². The number of carbonyl (C=O) groups is 2. The molecule has 0 unspecified atom stereocenters. The first kappa shape index (κ1) is 15.8. The summed E-state index contributed by atoms with van der Waals surface area (Å²) in [7, 11) is 3.12. The van der Waals surface area contributed by atoms with E-state index < -0.39 is 0 Å². The number of methoxy groups -OCH3 is 1. The highest BCUT2D eigenvalue weighted by molar-refractivity contribution is 5.95. The fourth-order valence-electron chi connectivity index (χ4n) is 1.66. The van der Waals surface area contributed by atoms with Gasteiger partial charge < -0.3 is 20.1 Å². The van der Waals surface area contributed by atoms with E-state index >= 15 is 0 Å². The smallest absolute Gasteiger partial charge is 0.307 e. The summed E-state index contributed by atoms with van der Waals surface area (Å²) in [5.41, 5.74) is 6.63. The Morgan fingerprint density at radius 1 is 1.35 bits per heavy atom. The molecule has 0 aliphatic rings. The van der Waals surface area contributed by atoms with Gasteiger partial charge in [-0.25, -0.2) is 0 Å². The van der Waals surface area contributed by atoms with Gasteiger partial charge in [0.05, 0.1) is 25.8 Å². The molecule has 6 nitrogen and oxygen atoms in total.